The van der Waals surface area contributed by atoms with E-state index in [1.54, 1.807) is 0 Å². The van der Waals surface area contributed by atoms with E-state index in [0.29, 0.717) is 6.42 Å². The maximum atomic E-state index is 11.5. The van der Waals surface area contributed by atoms with Crippen LogP contribution in [0, 0.1) is 0 Å². The van der Waals surface area contributed by atoms with E-state index in [1.165, 1.54) is 39.5 Å². The van der Waals surface area contributed by atoms with Crippen molar-refractivity contribution in [1.82, 2.24) is 0 Å². The summed E-state index contributed by atoms with van der Waals surface area (Å²) in [4.78, 5) is 0. The van der Waals surface area contributed by atoms with Crippen LogP contribution in [0.2, 0.25) is 0 Å². The third kappa shape index (κ3) is 12.3. The van der Waals surface area contributed by atoms with Gasteiger partial charge in [-0.3, -0.25) is 4.18 Å². The number of aliphatic hydroxyl groups is 1. The molecule has 18 heavy (non-hydrogen) atoms. The first-order valence-corrected chi connectivity index (χ1v) is 8.44. The molecule has 0 aliphatic rings. The van der Waals surface area contributed by atoms with Gasteiger partial charge in [-0.15, -0.1) is 0 Å². The smallest absolute Gasteiger partial charge is 0.267 e. The van der Waals surface area contributed by atoms with Crippen LogP contribution in [0.5, 0.6) is 0 Å². The van der Waals surface area contributed by atoms with Crippen LogP contribution in [0.15, 0.2) is 0 Å². The average molecular weight is 280 g/mol. The molecule has 4 nitrogen and oxygen atoms in total. The molecule has 0 fully saturated rings. The highest BCUT2D eigenvalue weighted by atomic mass is 32.2. The minimum atomic E-state index is -3.47. The molecular formula is C13H28O4S. The van der Waals surface area contributed by atoms with Crippen molar-refractivity contribution in [3.8, 4) is 0 Å². The second-order valence-electron chi connectivity index (χ2n) is 5.46. The summed E-state index contributed by atoms with van der Waals surface area (Å²) in [5.41, 5.74) is -1.10. The molecule has 1 N–H and O–H groups in total. The molecule has 110 valence electrons. The van der Waals surface area contributed by atoms with Crippen LogP contribution in [0.1, 0.15) is 65.7 Å². The molecule has 0 aromatic carbocycles. The number of hydrogen-bond donors (Lipinski definition) is 1. The Bertz CT molecular complexity index is 291. The average Bonchev–Trinajstić information content (AvgIpc) is 2.25. The molecule has 0 saturated carbocycles. The highest BCUT2D eigenvalue weighted by molar-refractivity contribution is 7.86. The van der Waals surface area contributed by atoms with E-state index in [2.05, 4.69) is 6.92 Å². The molecule has 0 aromatic heterocycles. The predicted octanol–water partition coefficient (Wildman–Crippen LogP) is 2.85. The second-order valence-corrected chi connectivity index (χ2v) is 7.22. The van der Waals surface area contributed by atoms with E-state index < -0.39 is 15.7 Å². The summed E-state index contributed by atoms with van der Waals surface area (Å²) in [5.74, 6) is 0.0524. The van der Waals surface area contributed by atoms with Crippen molar-refractivity contribution in [2.24, 2.45) is 0 Å². The lowest BCUT2D eigenvalue weighted by Gasteiger charge is -2.16. The van der Waals surface area contributed by atoms with E-state index in [1.807, 2.05) is 0 Å². The molecule has 0 saturated heterocycles. The lowest BCUT2D eigenvalue weighted by Crippen LogP contribution is -2.28. The monoisotopic (exact) mass is 280 g/mol. The van der Waals surface area contributed by atoms with Crippen LogP contribution >= 0.6 is 0 Å². The van der Waals surface area contributed by atoms with Crippen LogP contribution in [0.3, 0.4) is 0 Å². The summed E-state index contributed by atoms with van der Waals surface area (Å²) in [6.45, 7) is 5.05. The third-order valence-corrected chi connectivity index (χ3v) is 3.86. The van der Waals surface area contributed by atoms with Crippen molar-refractivity contribution < 1.29 is 17.7 Å². The molecule has 0 rings (SSSR count). The summed E-state index contributed by atoms with van der Waals surface area (Å²) in [7, 11) is -3.47. The molecule has 0 aromatic rings. The maximum absolute atomic E-state index is 11.5. The Kier molecular flexibility index (Phi) is 8.82. The number of rotatable bonds is 11. The highest BCUT2D eigenvalue weighted by Gasteiger charge is 2.18. The van der Waals surface area contributed by atoms with Crippen LogP contribution in [-0.4, -0.2) is 31.5 Å². The van der Waals surface area contributed by atoms with Gasteiger partial charge in [0.2, 0.25) is 0 Å². The molecule has 0 heterocycles. The second kappa shape index (κ2) is 8.88. The van der Waals surface area contributed by atoms with Gasteiger partial charge in [-0.1, -0.05) is 45.4 Å². The van der Waals surface area contributed by atoms with E-state index in [9.17, 15) is 13.5 Å². The highest BCUT2D eigenvalue weighted by Crippen LogP contribution is 2.10. The van der Waals surface area contributed by atoms with Gasteiger partial charge in [-0.2, -0.15) is 8.42 Å². The Balaban J connectivity index is 3.59. The van der Waals surface area contributed by atoms with Gasteiger partial charge in [0, 0.05) is 0 Å². The first kappa shape index (κ1) is 17.9. The summed E-state index contributed by atoms with van der Waals surface area (Å²) in [6, 6.07) is 0. The third-order valence-electron chi connectivity index (χ3n) is 2.59. The molecule has 5 heteroatoms. The topological polar surface area (TPSA) is 63.6 Å². The largest absolute Gasteiger partial charge is 0.388 e. The van der Waals surface area contributed by atoms with Crippen LogP contribution in [-0.2, 0) is 14.3 Å². The summed E-state index contributed by atoms with van der Waals surface area (Å²) in [5, 5.41) is 9.38. The van der Waals surface area contributed by atoms with E-state index in [-0.39, 0.29) is 12.4 Å². The van der Waals surface area contributed by atoms with Gasteiger partial charge < -0.3 is 5.11 Å². The van der Waals surface area contributed by atoms with E-state index in [0.717, 1.165) is 12.8 Å². The van der Waals surface area contributed by atoms with Crippen LogP contribution in [0.4, 0.5) is 0 Å². The number of hydrogen-bond acceptors (Lipinski definition) is 4. The van der Waals surface area contributed by atoms with Gasteiger partial charge >= 0.3 is 0 Å². The van der Waals surface area contributed by atoms with Gasteiger partial charge in [-0.25, -0.2) is 0 Å². The Labute approximate surface area is 112 Å². The zero-order chi connectivity index (χ0) is 14.1. The lowest BCUT2D eigenvalue weighted by molar-refractivity contribution is 0.0307. The summed E-state index contributed by atoms with van der Waals surface area (Å²) < 4.78 is 27.7. The fraction of sp³-hybridized carbons (Fsp3) is 1.00. The Morgan fingerprint density at radius 1 is 1.00 bits per heavy atom. The van der Waals surface area contributed by atoms with Gasteiger partial charge in [-0.05, 0) is 20.3 Å². The fourth-order valence-corrected chi connectivity index (χ4v) is 2.67. The molecule has 0 aliphatic heterocycles. The molecule has 0 spiro atoms. The molecule has 0 radical (unpaired) electrons. The first-order valence-electron chi connectivity index (χ1n) is 6.86. The maximum Gasteiger partial charge on any atom is 0.267 e. The minimum absolute atomic E-state index is 0.0524. The van der Waals surface area contributed by atoms with Gasteiger partial charge in [0.1, 0.15) is 0 Å². The van der Waals surface area contributed by atoms with Gasteiger partial charge in [0.25, 0.3) is 10.1 Å². The Morgan fingerprint density at radius 3 is 2.00 bits per heavy atom. The lowest BCUT2D eigenvalue weighted by atomic mass is 10.1. The van der Waals surface area contributed by atoms with Crippen molar-refractivity contribution in [2.45, 2.75) is 71.3 Å². The number of unbranched alkanes of at least 4 members (excludes halogenated alkanes) is 6. The standard InChI is InChI=1S/C13H28O4S/c1-4-5-6-7-8-9-10-11-18(15,16)17-12-13(2,3)14/h14H,4-12H2,1-3H3. The van der Waals surface area contributed by atoms with E-state index in [4.69, 9.17) is 4.18 Å². The zero-order valence-electron chi connectivity index (χ0n) is 11.9. The molecular weight excluding hydrogens is 252 g/mol. The van der Waals surface area contributed by atoms with Crippen LogP contribution < -0.4 is 0 Å². The molecule has 0 bridgehead atoms. The summed E-state index contributed by atoms with van der Waals surface area (Å²) >= 11 is 0. The first-order chi connectivity index (χ1) is 8.27. The molecule has 0 amide bonds. The molecule has 0 atom stereocenters. The van der Waals surface area contributed by atoms with Crippen molar-refractivity contribution in [3.63, 3.8) is 0 Å². The van der Waals surface area contributed by atoms with Crippen molar-refractivity contribution >= 4 is 10.1 Å². The van der Waals surface area contributed by atoms with Gasteiger partial charge in [0.15, 0.2) is 0 Å². The van der Waals surface area contributed by atoms with Crippen molar-refractivity contribution in [3.05, 3.63) is 0 Å². The SMILES string of the molecule is CCCCCCCCCS(=O)(=O)OCC(C)(C)O. The van der Waals surface area contributed by atoms with Crippen molar-refractivity contribution in [1.29, 1.82) is 0 Å². The Hall–Kier alpha value is -0.130. The normalized spacial score (nSPS) is 12.9. The van der Waals surface area contributed by atoms with Crippen molar-refractivity contribution in [2.75, 3.05) is 12.4 Å². The summed E-state index contributed by atoms with van der Waals surface area (Å²) in [6.07, 6.45) is 7.54. The van der Waals surface area contributed by atoms with Crippen LogP contribution in [0.25, 0.3) is 0 Å². The van der Waals surface area contributed by atoms with Gasteiger partial charge in [0.05, 0.1) is 18.0 Å². The van der Waals surface area contributed by atoms with E-state index >= 15 is 0 Å². The predicted molar refractivity (Wildman–Crippen MR) is 74.0 cm³/mol. The molecule has 0 aliphatic carbocycles. The molecule has 0 unspecified atom stereocenters. The Morgan fingerprint density at radius 2 is 1.50 bits per heavy atom. The minimum Gasteiger partial charge on any atom is -0.388 e. The quantitative estimate of drug-likeness (QED) is 0.467. The fourth-order valence-electron chi connectivity index (χ4n) is 1.53. The zero-order valence-corrected chi connectivity index (χ0v) is 12.8.